The first-order valence-corrected chi connectivity index (χ1v) is 6.40. The minimum atomic E-state index is -0.558. The van der Waals surface area contributed by atoms with Crippen LogP contribution >= 0.6 is 15.9 Å². The Balaban J connectivity index is 2.97. The maximum Gasteiger partial charge on any atom is 0.137 e. The van der Waals surface area contributed by atoms with Gasteiger partial charge in [-0.25, -0.2) is 4.39 Å². The van der Waals surface area contributed by atoms with Crippen molar-refractivity contribution in [2.45, 2.75) is 20.3 Å². The van der Waals surface area contributed by atoms with Crippen LogP contribution in [0.4, 0.5) is 4.39 Å². The van der Waals surface area contributed by atoms with E-state index < -0.39 is 5.41 Å². The van der Waals surface area contributed by atoms with Crippen LogP contribution in [0.2, 0.25) is 0 Å². The highest BCUT2D eigenvalue weighted by atomic mass is 79.9. The predicted molar refractivity (Wildman–Crippen MR) is 69.2 cm³/mol. The van der Waals surface area contributed by atoms with E-state index in [1.165, 1.54) is 6.07 Å². The van der Waals surface area contributed by atoms with Crippen molar-refractivity contribution < 1.29 is 14.6 Å². The molecule has 1 rings (SSSR count). The minimum absolute atomic E-state index is 0.0871. The summed E-state index contributed by atoms with van der Waals surface area (Å²) < 4.78 is 13.5. The zero-order valence-electron chi connectivity index (χ0n) is 10.1. The third kappa shape index (κ3) is 3.27. The topological polar surface area (TPSA) is 40.5 Å². The van der Waals surface area contributed by atoms with Gasteiger partial charge in [0.25, 0.3) is 0 Å². The number of aliphatic hydroxyl groups excluding tert-OH is 2. The van der Waals surface area contributed by atoms with E-state index in [1.807, 2.05) is 13.8 Å². The summed E-state index contributed by atoms with van der Waals surface area (Å²) in [6.45, 7) is 3.75. The number of hydrogen-bond donors (Lipinski definition) is 2. The lowest BCUT2D eigenvalue weighted by Gasteiger charge is -2.34. The van der Waals surface area contributed by atoms with E-state index in [1.54, 1.807) is 12.1 Å². The number of benzene rings is 1. The molecule has 17 heavy (non-hydrogen) atoms. The summed E-state index contributed by atoms with van der Waals surface area (Å²) >= 11 is 3.13. The Hall–Kier alpha value is -0.450. The summed E-state index contributed by atoms with van der Waals surface area (Å²) in [5.41, 5.74) is 0.340. The molecule has 0 aliphatic heterocycles. The average molecular weight is 305 g/mol. The summed E-state index contributed by atoms with van der Waals surface area (Å²) in [6, 6.07) is 4.76. The molecule has 0 heterocycles. The van der Waals surface area contributed by atoms with Crippen LogP contribution in [0.3, 0.4) is 0 Å². The van der Waals surface area contributed by atoms with Crippen LogP contribution in [-0.2, 0) is 6.42 Å². The molecule has 0 spiro atoms. The minimum Gasteiger partial charge on any atom is -0.396 e. The Morgan fingerprint density at radius 3 is 2.29 bits per heavy atom. The van der Waals surface area contributed by atoms with Crippen molar-refractivity contribution in [2.75, 3.05) is 13.2 Å². The monoisotopic (exact) mass is 304 g/mol. The zero-order chi connectivity index (χ0) is 13.1. The fourth-order valence-electron chi connectivity index (χ4n) is 1.79. The molecular formula is C13H18BrFO2. The van der Waals surface area contributed by atoms with Gasteiger partial charge in [-0.2, -0.15) is 0 Å². The van der Waals surface area contributed by atoms with Gasteiger partial charge in [0.15, 0.2) is 0 Å². The fraction of sp³-hybridized carbons (Fsp3) is 0.538. The number of halogens is 2. The molecule has 0 radical (unpaired) electrons. The molecule has 2 N–H and O–H groups in total. The van der Waals surface area contributed by atoms with Crippen molar-refractivity contribution in [1.29, 1.82) is 0 Å². The normalized spacial score (nSPS) is 12.2. The summed E-state index contributed by atoms with van der Waals surface area (Å²) in [7, 11) is 0. The van der Waals surface area contributed by atoms with Gasteiger partial charge in [-0.15, -0.1) is 0 Å². The van der Waals surface area contributed by atoms with Crippen molar-refractivity contribution in [3.8, 4) is 0 Å². The third-order valence-electron chi connectivity index (χ3n) is 3.39. The first-order chi connectivity index (χ1) is 7.95. The molecule has 1 aromatic carbocycles. The largest absolute Gasteiger partial charge is 0.396 e. The van der Waals surface area contributed by atoms with Crippen molar-refractivity contribution in [3.05, 3.63) is 34.1 Å². The Morgan fingerprint density at radius 1 is 1.29 bits per heavy atom. The molecule has 0 unspecified atom stereocenters. The van der Waals surface area contributed by atoms with E-state index in [0.717, 1.165) is 5.56 Å². The van der Waals surface area contributed by atoms with Crippen LogP contribution in [0.25, 0.3) is 0 Å². The van der Waals surface area contributed by atoms with Gasteiger partial charge in [-0.05, 0) is 46.0 Å². The van der Waals surface area contributed by atoms with Crippen molar-refractivity contribution in [2.24, 2.45) is 11.3 Å². The predicted octanol–water partition coefficient (Wildman–Crippen LogP) is 2.76. The van der Waals surface area contributed by atoms with Crippen molar-refractivity contribution in [3.63, 3.8) is 0 Å². The Morgan fingerprint density at radius 2 is 1.88 bits per heavy atom. The Bertz CT molecular complexity index is 376. The Labute approximate surface area is 110 Å². The van der Waals surface area contributed by atoms with E-state index in [-0.39, 0.29) is 24.9 Å². The standard InChI is InChI=1S/C13H18BrFO2/c1-9(2)13(7-16,8-17)6-10-3-4-12(15)11(14)5-10/h3-5,9,16-17H,6-8H2,1-2H3. The highest BCUT2D eigenvalue weighted by Crippen LogP contribution is 2.32. The molecule has 0 saturated carbocycles. The molecule has 0 amide bonds. The molecule has 4 heteroatoms. The van der Waals surface area contributed by atoms with Gasteiger partial charge in [0.1, 0.15) is 5.82 Å². The molecule has 0 aromatic heterocycles. The van der Waals surface area contributed by atoms with Gasteiger partial charge in [0.2, 0.25) is 0 Å². The fourth-order valence-corrected chi connectivity index (χ4v) is 2.21. The van der Waals surface area contributed by atoms with Crippen LogP contribution in [0.5, 0.6) is 0 Å². The average Bonchev–Trinajstić information content (AvgIpc) is 2.30. The smallest absolute Gasteiger partial charge is 0.137 e. The van der Waals surface area contributed by atoms with Crippen LogP contribution in [0, 0.1) is 17.2 Å². The molecule has 1 aromatic rings. The lowest BCUT2D eigenvalue weighted by atomic mass is 9.74. The maximum atomic E-state index is 13.1. The maximum absolute atomic E-state index is 13.1. The summed E-state index contributed by atoms with van der Waals surface area (Å²) in [4.78, 5) is 0. The van der Waals surface area contributed by atoms with E-state index in [0.29, 0.717) is 10.9 Å². The van der Waals surface area contributed by atoms with Gasteiger partial charge in [-0.3, -0.25) is 0 Å². The van der Waals surface area contributed by atoms with Gasteiger partial charge in [0, 0.05) is 5.41 Å². The van der Waals surface area contributed by atoms with Gasteiger partial charge < -0.3 is 10.2 Å². The third-order valence-corrected chi connectivity index (χ3v) is 4.00. The first-order valence-electron chi connectivity index (χ1n) is 5.61. The van der Waals surface area contributed by atoms with Crippen LogP contribution in [0.15, 0.2) is 22.7 Å². The first kappa shape index (κ1) is 14.6. The highest BCUT2D eigenvalue weighted by Gasteiger charge is 2.32. The lowest BCUT2D eigenvalue weighted by Crippen LogP contribution is -2.37. The molecule has 0 fully saturated rings. The highest BCUT2D eigenvalue weighted by molar-refractivity contribution is 9.10. The van der Waals surface area contributed by atoms with Crippen LogP contribution in [0.1, 0.15) is 19.4 Å². The second kappa shape index (κ2) is 5.94. The van der Waals surface area contributed by atoms with E-state index in [4.69, 9.17) is 0 Å². The number of rotatable bonds is 5. The van der Waals surface area contributed by atoms with Gasteiger partial charge in [-0.1, -0.05) is 19.9 Å². The quantitative estimate of drug-likeness (QED) is 0.878. The summed E-state index contributed by atoms with van der Waals surface area (Å²) in [6.07, 6.45) is 0.524. The molecule has 0 atom stereocenters. The van der Waals surface area contributed by atoms with E-state index >= 15 is 0 Å². The lowest BCUT2D eigenvalue weighted by molar-refractivity contribution is 0.0163. The molecule has 2 nitrogen and oxygen atoms in total. The molecular weight excluding hydrogens is 287 g/mol. The molecule has 0 bridgehead atoms. The Kier molecular flexibility index (Phi) is 5.10. The van der Waals surface area contributed by atoms with Crippen molar-refractivity contribution in [1.82, 2.24) is 0 Å². The summed E-state index contributed by atoms with van der Waals surface area (Å²) in [5.74, 6) is -0.168. The second-order valence-electron chi connectivity index (χ2n) is 4.76. The molecule has 0 aliphatic carbocycles. The van der Waals surface area contributed by atoms with Gasteiger partial charge in [0.05, 0.1) is 17.7 Å². The second-order valence-corrected chi connectivity index (χ2v) is 5.61. The number of aliphatic hydroxyl groups is 2. The zero-order valence-corrected chi connectivity index (χ0v) is 11.7. The summed E-state index contributed by atoms with van der Waals surface area (Å²) in [5, 5.41) is 19.0. The van der Waals surface area contributed by atoms with Crippen LogP contribution in [-0.4, -0.2) is 23.4 Å². The molecule has 0 aliphatic rings. The molecule has 96 valence electrons. The van der Waals surface area contributed by atoms with E-state index in [9.17, 15) is 14.6 Å². The van der Waals surface area contributed by atoms with Crippen LogP contribution < -0.4 is 0 Å². The van der Waals surface area contributed by atoms with E-state index in [2.05, 4.69) is 15.9 Å². The van der Waals surface area contributed by atoms with Crippen molar-refractivity contribution >= 4 is 15.9 Å². The number of hydrogen-bond acceptors (Lipinski definition) is 2. The SMILES string of the molecule is CC(C)C(CO)(CO)Cc1ccc(F)c(Br)c1. The van der Waals surface area contributed by atoms with Gasteiger partial charge >= 0.3 is 0 Å². The molecule has 0 saturated heterocycles.